The number of rotatable bonds is 12. The van der Waals surface area contributed by atoms with Crippen molar-refractivity contribution >= 4 is 6.08 Å². The molecule has 0 aliphatic heterocycles. The number of hydrogen-bond donors (Lipinski definition) is 0. The van der Waals surface area contributed by atoms with Crippen LogP contribution in [0, 0.1) is 0 Å². The summed E-state index contributed by atoms with van der Waals surface area (Å²) < 4.78 is 5.16. The third-order valence-corrected chi connectivity index (χ3v) is 3.90. The van der Waals surface area contributed by atoms with E-state index in [2.05, 4.69) is 31.2 Å². The quantitative estimate of drug-likeness (QED) is 0.392. The van der Waals surface area contributed by atoms with E-state index in [-0.39, 0.29) is 0 Å². The Hall–Kier alpha value is -1.24. The van der Waals surface area contributed by atoms with Gasteiger partial charge in [-0.05, 0) is 30.5 Å². The maximum atomic E-state index is 5.16. The Bertz CT molecular complexity index is 364. The number of unbranched alkanes of at least 4 members (excludes halogenated alkanes) is 9. The number of hydrogen-bond acceptors (Lipinski definition) is 1. The fraction of sp³-hybridized carbons (Fsp3) is 0.600. The van der Waals surface area contributed by atoms with Crippen LogP contribution < -0.4 is 4.74 Å². The molecule has 0 amide bonds. The fourth-order valence-corrected chi connectivity index (χ4v) is 2.51. The highest BCUT2D eigenvalue weighted by atomic mass is 16.5. The Morgan fingerprint density at radius 3 is 1.95 bits per heavy atom. The first-order chi connectivity index (χ1) is 10.4. The summed E-state index contributed by atoms with van der Waals surface area (Å²) in [6, 6.07) is 8.23. The Morgan fingerprint density at radius 1 is 0.810 bits per heavy atom. The summed E-state index contributed by atoms with van der Waals surface area (Å²) in [4.78, 5) is 0. The maximum Gasteiger partial charge on any atom is 0.118 e. The van der Waals surface area contributed by atoms with Gasteiger partial charge in [0.25, 0.3) is 0 Å². The lowest BCUT2D eigenvalue weighted by Gasteiger charge is -2.01. The summed E-state index contributed by atoms with van der Waals surface area (Å²) in [5.41, 5.74) is 1.26. The standard InChI is InChI=1S/C20H32O/c1-3-4-5-6-7-8-9-10-11-12-13-14-19-15-17-20(21-2)18-16-19/h13-18H,3-12H2,1-2H3/b14-13+. The van der Waals surface area contributed by atoms with Gasteiger partial charge < -0.3 is 4.74 Å². The Morgan fingerprint density at radius 2 is 1.38 bits per heavy atom. The molecule has 0 saturated heterocycles. The van der Waals surface area contributed by atoms with Gasteiger partial charge in [0.1, 0.15) is 5.75 Å². The largest absolute Gasteiger partial charge is 0.497 e. The summed E-state index contributed by atoms with van der Waals surface area (Å²) in [6.07, 6.45) is 18.3. The van der Waals surface area contributed by atoms with E-state index in [1.807, 2.05) is 12.1 Å². The summed E-state index contributed by atoms with van der Waals surface area (Å²) in [5, 5.41) is 0. The van der Waals surface area contributed by atoms with Crippen LogP contribution in [0.1, 0.15) is 76.7 Å². The van der Waals surface area contributed by atoms with E-state index in [0.717, 1.165) is 5.75 Å². The van der Waals surface area contributed by atoms with Crippen molar-refractivity contribution in [1.82, 2.24) is 0 Å². The van der Waals surface area contributed by atoms with Gasteiger partial charge in [0, 0.05) is 0 Å². The minimum Gasteiger partial charge on any atom is -0.497 e. The average molecular weight is 288 g/mol. The summed E-state index contributed by atoms with van der Waals surface area (Å²) >= 11 is 0. The molecule has 1 aromatic rings. The molecule has 0 N–H and O–H groups in total. The predicted octanol–water partition coefficient (Wildman–Crippen LogP) is 6.63. The molecule has 0 aliphatic carbocycles. The van der Waals surface area contributed by atoms with Gasteiger partial charge in [0.05, 0.1) is 7.11 Å². The first kappa shape index (κ1) is 17.8. The lowest BCUT2D eigenvalue weighted by Crippen LogP contribution is -1.82. The molecule has 0 saturated carbocycles. The first-order valence-corrected chi connectivity index (χ1v) is 8.67. The monoisotopic (exact) mass is 288 g/mol. The van der Waals surface area contributed by atoms with Gasteiger partial charge in [-0.15, -0.1) is 0 Å². The van der Waals surface area contributed by atoms with Crippen LogP contribution in [-0.2, 0) is 0 Å². The Labute approximate surface area is 131 Å². The van der Waals surface area contributed by atoms with Crippen molar-refractivity contribution in [1.29, 1.82) is 0 Å². The van der Waals surface area contributed by atoms with E-state index in [9.17, 15) is 0 Å². The molecule has 1 nitrogen and oxygen atoms in total. The highest BCUT2D eigenvalue weighted by Gasteiger charge is 1.92. The molecule has 0 atom stereocenters. The Balaban J connectivity index is 1.97. The third-order valence-electron chi connectivity index (χ3n) is 3.90. The van der Waals surface area contributed by atoms with Gasteiger partial charge in [-0.2, -0.15) is 0 Å². The van der Waals surface area contributed by atoms with Gasteiger partial charge in [-0.3, -0.25) is 0 Å². The van der Waals surface area contributed by atoms with Crippen LogP contribution in [0.2, 0.25) is 0 Å². The molecule has 0 aliphatic rings. The SMILES string of the molecule is CCCCCCCCCCC/C=C/c1ccc(OC)cc1. The molecule has 1 aromatic carbocycles. The van der Waals surface area contributed by atoms with Crippen molar-refractivity contribution in [2.45, 2.75) is 71.1 Å². The third kappa shape index (κ3) is 9.33. The molecule has 0 spiro atoms. The van der Waals surface area contributed by atoms with Crippen molar-refractivity contribution in [3.63, 3.8) is 0 Å². The topological polar surface area (TPSA) is 9.23 Å². The first-order valence-electron chi connectivity index (χ1n) is 8.67. The summed E-state index contributed by atoms with van der Waals surface area (Å²) in [6.45, 7) is 2.28. The van der Waals surface area contributed by atoms with Gasteiger partial charge >= 0.3 is 0 Å². The highest BCUT2D eigenvalue weighted by molar-refractivity contribution is 5.50. The van der Waals surface area contributed by atoms with Gasteiger partial charge in [-0.1, -0.05) is 82.6 Å². The van der Waals surface area contributed by atoms with E-state index in [1.54, 1.807) is 7.11 Å². The molecule has 0 unspecified atom stereocenters. The molecule has 118 valence electrons. The molecule has 0 heterocycles. The highest BCUT2D eigenvalue weighted by Crippen LogP contribution is 2.14. The van der Waals surface area contributed by atoms with Crippen molar-refractivity contribution in [2.24, 2.45) is 0 Å². The lowest BCUT2D eigenvalue weighted by atomic mass is 10.1. The van der Waals surface area contributed by atoms with E-state index in [0.29, 0.717) is 0 Å². The lowest BCUT2D eigenvalue weighted by molar-refractivity contribution is 0.415. The minimum absolute atomic E-state index is 0.922. The van der Waals surface area contributed by atoms with Crippen molar-refractivity contribution in [3.8, 4) is 5.75 Å². The van der Waals surface area contributed by atoms with Crippen LogP contribution in [0.4, 0.5) is 0 Å². The van der Waals surface area contributed by atoms with Gasteiger partial charge in [0.15, 0.2) is 0 Å². The zero-order valence-corrected chi connectivity index (χ0v) is 13.9. The number of methoxy groups -OCH3 is 1. The summed E-state index contributed by atoms with van der Waals surface area (Å²) in [5.74, 6) is 0.922. The minimum atomic E-state index is 0.922. The molecule has 0 bridgehead atoms. The molecule has 0 fully saturated rings. The van der Waals surface area contributed by atoms with E-state index >= 15 is 0 Å². The van der Waals surface area contributed by atoms with Crippen LogP contribution in [0.25, 0.3) is 6.08 Å². The molecule has 1 rings (SSSR count). The molecule has 1 heteroatoms. The molecule has 21 heavy (non-hydrogen) atoms. The van der Waals surface area contributed by atoms with E-state index in [1.165, 1.54) is 69.8 Å². The van der Waals surface area contributed by atoms with Crippen LogP contribution in [0.3, 0.4) is 0 Å². The van der Waals surface area contributed by atoms with Crippen LogP contribution >= 0.6 is 0 Å². The number of benzene rings is 1. The van der Waals surface area contributed by atoms with Gasteiger partial charge in [0.2, 0.25) is 0 Å². The number of allylic oxidation sites excluding steroid dienone is 1. The smallest absolute Gasteiger partial charge is 0.118 e. The van der Waals surface area contributed by atoms with Gasteiger partial charge in [-0.25, -0.2) is 0 Å². The average Bonchev–Trinajstić information content (AvgIpc) is 2.53. The number of ether oxygens (including phenoxy) is 1. The fourth-order valence-electron chi connectivity index (χ4n) is 2.51. The second kappa shape index (κ2) is 12.5. The van der Waals surface area contributed by atoms with Crippen molar-refractivity contribution in [3.05, 3.63) is 35.9 Å². The van der Waals surface area contributed by atoms with Crippen LogP contribution in [0.15, 0.2) is 30.3 Å². The summed E-state index contributed by atoms with van der Waals surface area (Å²) in [7, 11) is 1.70. The van der Waals surface area contributed by atoms with Crippen LogP contribution in [0.5, 0.6) is 5.75 Å². The molecular weight excluding hydrogens is 256 g/mol. The molecule has 0 aromatic heterocycles. The molecular formula is C20H32O. The zero-order chi connectivity index (χ0) is 15.2. The van der Waals surface area contributed by atoms with Crippen molar-refractivity contribution in [2.75, 3.05) is 7.11 Å². The second-order valence-electron chi connectivity index (χ2n) is 5.79. The normalized spacial score (nSPS) is 11.1. The maximum absolute atomic E-state index is 5.16. The second-order valence-corrected chi connectivity index (χ2v) is 5.79. The van der Waals surface area contributed by atoms with Crippen molar-refractivity contribution < 1.29 is 4.74 Å². The zero-order valence-electron chi connectivity index (χ0n) is 13.9. The van der Waals surface area contributed by atoms with E-state index in [4.69, 9.17) is 4.74 Å². The van der Waals surface area contributed by atoms with E-state index < -0.39 is 0 Å². The molecule has 0 radical (unpaired) electrons. The predicted molar refractivity (Wildman–Crippen MR) is 93.9 cm³/mol. The Kier molecular flexibility index (Phi) is 10.6. The van der Waals surface area contributed by atoms with Crippen LogP contribution in [-0.4, -0.2) is 7.11 Å².